The van der Waals surface area contributed by atoms with Gasteiger partial charge in [0.05, 0.1) is 30.3 Å². The standard InChI is InChI=1S/C28H24ClN3O3/c1-31-17-30-15-26(31)28(35,20-7-3-5-18(11-20)16-33)21-9-10-25-24(13-21)23(14-27(34)32(25)2)19-6-4-8-22(29)12-19/h3-15,17,33,35H,16H2,1-2H3. The molecule has 1 atom stereocenters. The van der Waals surface area contributed by atoms with Crippen molar-refractivity contribution in [3.8, 4) is 11.1 Å². The predicted octanol–water partition coefficient (Wildman–Crippen LogP) is 4.37. The van der Waals surface area contributed by atoms with Crippen LogP contribution in [0.1, 0.15) is 22.4 Å². The summed E-state index contributed by atoms with van der Waals surface area (Å²) >= 11 is 6.26. The molecule has 0 amide bonds. The van der Waals surface area contributed by atoms with Gasteiger partial charge in [0.1, 0.15) is 0 Å². The van der Waals surface area contributed by atoms with E-state index in [1.165, 1.54) is 0 Å². The number of fused-ring (bicyclic) bond motifs is 1. The van der Waals surface area contributed by atoms with Crippen molar-refractivity contribution in [3.05, 3.63) is 123 Å². The molecule has 5 aromatic rings. The molecule has 2 heterocycles. The molecule has 6 nitrogen and oxygen atoms in total. The Morgan fingerprint density at radius 2 is 1.74 bits per heavy atom. The van der Waals surface area contributed by atoms with Gasteiger partial charge in [-0.25, -0.2) is 4.98 Å². The highest BCUT2D eigenvalue weighted by molar-refractivity contribution is 6.30. The average molecular weight is 486 g/mol. The Morgan fingerprint density at radius 3 is 2.46 bits per heavy atom. The maximum Gasteiger partial charge on any atom is 0.251 e. The molecule has 0 aliphatic rings. The molecule has 5 rings (SSSR count). The van der Waals surface area contributed by atoms with Gasteiger partial charge in [0.2, 0.25) is 0 Å². The molecule has 0 aliphatic heterocycles. The van der Waals surface area contributed by atoms with E-state index in [0.29, 0.717) is 27.4 Å². The van der Waals surface area contributed by atoms with Crippen molar-refractivity contribution in [1.29, 1.82) is 0 Å². The van der Waals surface area contributed by atoms with E-state index in [1.807, 2.05) is 55.6 Å². The van der Waals surface area contributed by atoms with Crippen molar-refractivity contribution >= 4 is 22.5 Å². The fourth-order valence-corrected chi connectivity index (χ4v) is 4.83. The maximum atomic E-state index is 12.8. The molecule has 2 N–H and O–H groups in total. The highest BCUT2D eigenvalue weighted by Gasteiger charge is 2.37. The van der Waals surface area contributed by atoms with Gasteiger partial charge in [-0.05, 0) is 58.1 Å². The Kier molecular flexibility index (Phi) is 5.81. The Morgan fingerprint density at radius 1 is 0.971 bits per heavy atom. The summed E-state index contributed by atoms with van der Waals surface area (Å²) in [6.07, 6.45) is 3.27. The van der Waals surface area contributed by atoms with Crippen LogP contribution in [0.2, 0.25) is 5.02 Å². The molecular formula is C28H24ClN3O3. The molecule has 0 bridgehead atoms. The van der Waals surface area contributed by atoms with E-state index in [1.54, 1.807) is 53.0 Å². The largest absolute Gasteiger partial charge is 0.392 e. The summed E-state index contributed by atoms with van der Waals surface area (Å²) in [5.41, 5.74) is 3.02. The molecule has 176 valence electrons. The summed E-state index contributed by atoms with van der Waals surface area (Å²) in [5.74, 6) is 0. The van der Waals surface area contributed by atoms with Gasteiger partial charge >= 0.3 is 0 Å². The number of aliphatic hydroxyl groups excluding tert-OH is 1. The Bertz CT molecular complexity index is 1620. The maximum absolute atomic E-state index is 12.8. The van der Waals surface area contributed by atoms with Gasteiger partial charge in [-0.15, -0.1) is 0 Å². The van der Waals surface area contributed by atoms with Gasteiger partial charge in [-0.3, -0.25) is 4.79 Å². The van der Waals surface area contributed by atoms with Crippen LogP contribution in [-0.2, 0) is 26.3 Å². The topological polar surface area (TPSA) is 80.3 Å². The van der Waals surface area contributed by atoms with E-state index in [9.17, 15) is 15.0 Å². The molecule has 35 heavy (non-hydrogen) atoms. The number of hydrogen-bond donors (Lipinski definition) is 2. The van der Waals surface area contributed by atoms with Gasteiger partial charge in [0.25, 0.3) is 5.56 Å². The van der Waals surface area contributed by atoms with Crippen molar-refractivity contribution in [2.75, 3.05) is 0 Å². The zero-order valence-electron chi connectivity index (χ0n) is 19.3. The van der Waals surface area contributed by atoms with Crippen molar-refractivity contribution in [3.63, 3.8) is 0 Å². The molecule has 0 spiro atoms. The fraction of sp³-hybridized carbons (Fsp3) is 0.143. The van der Waals surface area contributed by atoms with Crippen LogP contribution in [0.15, 0.2) is 90.1 Å². The number of hydrogen-bond acceptors (Lipinski definition) is 4. The first kappa shape index (κ1) is 23.1. The third kappa shape index (κ3) is 3.86. The zero-order valence-corrected chi connectivity index (χ0v) is 20.1. The lowest BCUT2D eigenvalue weighted by Crippen LogP contribution is -2.31. The second-order valence-corrected chi connectivity index (χ2v) is 9.09. The van der Waals surface area contributed by atoms with Crippen LogP contribution in [0.5, 0.6) is 0 Å². The molecule has 0 radical (unpaired) electrons. The minimum absolute atomic E-state index is 0.141. The van der Waals surface area contributed by atoms with Crippen molar-refractivity contribution < 1.29 is 10.2 Å². The first-order valence-corrected chi connectivity index (χ1v) is 11.5. The second-order valence-electron chi connectivity index (χ2n) is 8.66. The fourth-order valence-electron chi connectivity index (χ4n) is 4.64. The Hall–Kier alpha value is -3.71. The molecule has 7 heteroatoms. The lowest BCUT2D eigenvalue weighted by Gasteiger charge is -2.30. The van der Waals surface area contributed by atoms with Crippen LogP contribution in [0.25, 0.3) is 22.0 Å². The third-order valence-electron chi connectivity index (χ3n) is 6.51. The molecule has 0 saturated heterocycles. The molecule has 0 saturated carbocycles. The average Bonchev–Trinajstić information content (AvgIpc) is 3.31. The summed E-state index contributed by atoms with van der Waals surface area (Å²) in [6.45, 7) is -0.145. The number of benzene rings is 3. The van der Waals surface area contributed by atoms with E-state index in [2.05, 4.69) is 4.98 Å². The number of rotatable bonds is 5. The van der Waals surface area contributed by atoms with Crippen LogP contribution in [0, 0.1) is 0 Å². The molecule has 2 aromatic heterocycles. The van der Waals surface area contributed by atoms with Gasteiger partial charge in [-0.2, -0.15) is 0 Å². The Labute approximate surface area is 207 Å². The summed E-state index contributed by atoms with van der Waals surface area (Å²) in [7, 11) is 3.55. The molecule has 3 aromatic carbocycles. The van der Waals surface area contributed by atoms with Gasteiger partial charge in [-0.1, -0.05) is 48.0 Å². The van der Waals surface area contributed by atoms with E-state index in [0.717, 1.165) is 22.0 Å². The second kappa shape index (κ2) is 8.82. The predicted molar refractivity (Wildman–Crippen MR) is 137 cm³/mol. The molecular weight excluding hydrogens is 462 g/mol. The zero-order chi connectivity index (χ0) is 24.7. The minimum Gasteiger partial charge on any atom is -0.392 e. The SMILES string of the molecule is Cn1cncc1C(O)(c1cccc(CO)c1)c1ccc2c(c1)c(-c1cccc(Cl)c1)cc(=O)n2C. The summed E-state index contributed by atoms with van der Waals surface area (Å²) < 4.78 is 3.36. The van der Waals surface area contributed by atoms with E-state index in [-0.39, 0.29) is 12.2 Å². The minimum atomic E-state index is -1.56. The van der Waals surface area contributed by atoms with Gasteiger partial charge < -0.3 is 19.3 Å². The first-order valence-electron chi connectivity index (χ1n) is 11.1. The highest BCUT2D eigenvalue weighted by Crippen LogP contribution is 2.39. The first-order chi connectivity index (χ1) is 16.8. The number of imidazole rings is 1. The Balaban J connectivity index is 1.84. The monoisotopic (exact) mass is 485 g/mol. The van der Waals surface area contributed by atoms with Crippen LogP contribution < -0.4 is 5.56 Å². The van der Waals surface area contributed by atoms with Crippen LogP contribution in [-0.4, -0.2) is 24.3 Å². The number of nitrogens with zero attached hydrogens (tertiary/aromatic N) is 3. The lowest BCUT2D eigenvalue weighted by molar-refractivity contribution is 0.117. The quantitative estimate of drug-likeness (QED) is 0.387. The van der Waals surface area contributed by atoms with Crippen LogP contribution in [0.4, 0.5) is 0 Å². The van der Waals surface area contributed by atoms with Crippen molar-refractivity contribution in [2.24, 2.45) is 14.1 Å². The number of aromatic nitrogens is 3. The number of aryl methyl sites for hydroxylation is 2. The smallest absolute Gasteiger partial charge is 0.251 e. The van der Waals surface area contributed by atoms with Crippen molar-refractivity contribution in [2.45, 2.75) is 12.2 Å². The number of pyridine rings is 1. The summed E-state index contributed by atoms with van der Waals surface area (Å²) in [4.78, 5) is 17.0. The molecule has 1 unspecified atom stereocenters. The third-order valence-corrected chi connectivity index (χ3v) is 6.75. The molecule has 0 fully saturated rings. The van der Waals surface area contributed by atoms with Gasteiger partial charge in [0, 0.05) is 30.6 Å². The van der Waals surface area contributed by atoms with Crippen LogP contribution >= 0.6 is 11.6 Å². The lowest BCUT2D eigenvalue weighted by atomic mass is 9.82. The summed E-state index contributed by atoms with van der Waals surface area (Å²) in [5, 5.41) is 23.5. The molecule has 0 aliphatic carbocycles. The van der Waals surface area contributed by atoms with Crippen LogP contribution in [0.3, 0.4) is 0 Å². The number of halogens is 1. The van der Waals surface area contributed by atoms with E-state index >= 15 is 0 Å². The number of aliphatic hydroxyl groups is 2. The normalized spacial score (nSPS) is 13.2. The summed E-state index contributed by atoms with van der Waals surface area (Å²) in [6, 6.07) is 21.8. The van der Waals surface area contributed by atoms with E-state index in [4.69, 9.17) is 11.6 Å². The van der Waals surface area contributed by atoms with E-state index < -0.39 is 5.60 Å². The van der Waals surface area contributed by atoms with Crippen molar-refractivity contribution in [1.82, 2.24) is 14.1 Å². The van der Waals surface area contributed by atoms with Gasteiger partial charge in [0.15, 0.2) is 5.60 Å². The highest BCUT2D eigenvalue weighted by atomic mass is 35.5.